The van der Waals surface area contributed by atoms with Crippen LogP contribution in [0.25, 0.3) is 0 Å². The second-order valence-corrected chi connectivity index (χ2v) is 7.32. The van der Waals surface area contributed by atoms with E-state index in [1.54, 1.807) is 11.1 Å². The number of amides is 1. The highest BCUT2D eigenvalue weighted by atomic mass is 16.5. The van der Waals surface area contributed by atoms with Crippen LogP contribution in [0.5, 0.6) is 0 Å². The summed E-state index contributed by atoms with van der Waals surface area (Å²) < 4.78 is 5.76. The molecule has 4 fully saturated rings. The number of aromatic amines is 1. The summed E-state index contributed by atoms with van der Waals surface area (Å²) in [6, 6.07) is 1.83. The smallest absolute Gasteiger partial charge is 0.258 e. The number of aromatic nitrogens is 2. The Labute approximate surface area is 141 Å². The number of H-pyrrole nitrogens is 1. The molecule has 5 aliphatic carbocycles. The zero-order valence-electron chi connectivity index (χ0n) is 13.5. The number of nitrogens with zero attached hydrogens (tertiary/aromatic N) is 2. The molecule has 2 bridgehead atoms. The van der Waals surface area contributed by atoms with Gasteiger partial charge in [-0.2, -0.15) is 5.10 Å². The van der Waals surface area contributed by atoms with Crippen molar-refractivity contribution < 1.29 is 9.53 Å². The zero-order chi connectivity index (χ0) is 16.1. The predicted molar refractivity (Wildman–Crippen MR) is 90.1 cm³/mol. The first-order valence-corrected chi connectivity index (χ1v) is 8.76. The molecule has 0 saturated heterocycles. The summed E-state index contributed by atoms with van der Waals surface area (Å²) in [5.41, 5.74) is 1.91. The van der Waals surface area contributed by atoms with Crippen LogP contribution in [0.4, 0.5) is 5.82 Å². The van der Waals surface area contributed by atoms with Crippen molar-refractivity contribution in [3.8, 4) is 0 Å². The van der Waals surface area contributed by atoms with Gasteiger partial charge in [0.05, 0.1) is 12.3 Å². The topological polar surface area (TPSA) is 58.2 Å². The first kappa shape index (κ1) is 14.2. The first-order valence-electron chi connectivity index (χ1n) is 8.76. The fraction of sp³-hybridized carbons (Fsp3) is 0.474. The molecule has 1 aromatic rings. The van der Waals surface area contributed by atoms with Crippen LogP contribution in [0.3, 0.4) is 0 Å². The van der Waals surface area contributed by atoms with E-state index in [9.17, 15) is 4.79 Å². The largest absolute Gasteiger partial charge is 0.364 e. The maximum atomic E-state index is 12.8. The van der Waals surface area contributed by atoms with Gasteiger partial charge in [0.2, 0.25) is 0 Å². The van der Waals surface area contributed by atoms with Crippen LogP contribution in [-0.2, 0) is 9.53 Å². The number of carbonyl (C=O) groups excluding carboxylic acids is 1. The van der Waals surface area contributed by atoms with Crippen molar-refractivity contribution in [1.29, 1.82) is 0 Å². The van der Waals surface area contributed by atoms with E-state index in [2.05, 4.69) is 22.5 Å². The lowest BCUT2D eigenvalue weighted by Crippen LogP contribution is -2.31. The Hall–Kier alpha value is -2.14. The lowest BCUT2D eigenvalue weighted by Gasteiger charge is -2.19. The van der Waals surface area contributed by atoms with Gasteiger partial charge in [0.15, 0.2) is 0 Å². The van der Waals surface area contributed by atoms with Crippen molar-refractivity contribution in [2.45, 2.75) is 31.8 Å². The van der Waals surface area contributed by atoms with E-state index in [4.69, 9.17) is 4.74 Å². The van der Waals surface area contributed by atoms with Gasteiger partial charge in [-0.1, -0.05) is 24.3 Å². The predicted octanol–water partition coefficient (Wildman–Crippen LogP) is 2.96. The van der Waals surface area contributed by atoms with Crippen LogP contribution in [0.15, 0.2) is 48.3 Å². The minimum atomic E-state index is -0.0479. The van der Waals surface area contributed by atoms with Crippen molar-refractivity contribution in [3.63, 3.8) is 0 Å². The van der Waals surface area contributed by atoms with Gasteiger partial charge < -0.3 is 4.74 Å². The molecule has 1 N–H and O–H groups in total. The van der Waals surface area contributed by atoms with Crippen LogP contribution in [0.2, 0.25) is 0 Å². The van der Waals surface area contributed by atoms with Crippen LogP contribution < -0.4 is 4.90 Å². The fourth-order valence-corrected chi connectivity index (χ4v) is 4.90. The molecule has 0 radical (unpaired) electrons. The van der Waals surface area contributed by atoms with Gasteiger partial charge >= 0.3 is 0 Å². The molecule has 5 nitrogen and oxygen atoms in total. The molecule has 0 aromatic carbocycles. The third-order valence-electron chi connectivity index (χ3n) is 6.13. The molecule has 4 atom stereocenters. The average Bonchev–Trinajstić information content (AvgIpc) is 3.17. The molecule has 24 heavy (non-hydrogen) atoms. The second kappa shape index (κ2) is 5.18. The SMILES string of the molecule is O=C(COC1C=CC=CC1)N(C=C1C2C3CCC12C3)c1ccn[nH]1. The molecule has 0 aliphatic heterocycles. The van der Waals surface area contributed by atoms with E-state index in [-0.39, 0.29) is 18.6 Å². The minimum absolute atomic E-state index is 0.0121. The quantitative estimate of drug-likeness (QED) is 0.906. The maximum Gasteiger partial charge on any atom is 0.258 e. The molecule has 6 rings (SSSR count). The van der Waals surface area contributed by atoms with Gasteiger partial charge in [0.25, 0.3) is 5.91 Å². The summed E-state index contributed by atoms with van der Waals surface area (Å²) in [5, 5.41) is 6.90. The van der Waals surface area contributed by atoms with Crippen molar-refractivity contribution in [3.05, 3.63) is 48.3 Å². The third-order valence-corrected chi connectivity index (χ3v) is 6.13. The number of carbonyl (C=O) groups is 1. The summed E-state index contributed by atoms with van der Waals surface area (Å²) in [6.45, 7) is 0.0761. The van der Waals surface area contributed by atoms with Crippen molar-refractivity contribution in [1.82, 2.24) is 10.2 Å². The monoisotopic (exact) mass is 323 g/mol. The zero-order valence-corrected chi connectivity index (χ0v) is 13.5. The summed E-state index contributed by atoms with van der Waals surface area (Å²) >= 11 is 0. The Balaban J connectivity index is 1.31. The average molecular weight is 323 g/mol. The molecule has 124 valence electrons. The van der Waals surface area contributed by atoms with Crippen molar-refractivity contribution in [2.24, 2.45) is 17.3 Å². The number of nitrogens with one attached hydrogen (secondary N) is 1. The molecular weight excluding hydrogens is 302 g/mol. The molecule has 5 aliphatic rings. The Bertz CT molecular complexity index is 745. The van der Waals surface area contributed by atoms with E-state index in [1.165, 1.54) is 24.8 Å². The number of rotatable bonds is 5. The Morgan fingerprint density at radius 1 is 1.50 bits per heavy atom. The van der Waals surface area contributed by atoms with Gasteiger partial charge in [-0.25, -0.2) is 0 Å². The maximum absolute atomic E-state index is 12.8. The number of hydrogen-bond donors (Lipinski definition) is 1. The van der Waals surface area contributed by atoms with E-state index in [0.29, 0.717) is 11.2 Å². The number of hydrogen-bond acceptors (Lipinski definition) is 3. The summed E-state index contributed by atoms with van der Waals surface area (Å²) in [5.74, 6) is 2.27. The van der Waals surface area contributed by atoms with E-state index in [1.807, 2.05) is 24.3 Å². The molecule has 1 amide bonds. The van der Waals surface area contributed by atoms with Gasteiger partial charge in [-0.3, -0.25) is 14.8 Å². The standard InChI is InChI=1S/C19H21N3O2/c23-17(12-24-14-4-2-1-3-5-14)22(16-7-9-20-21-16)11-15-18-13-6-8-19(15,18)10-13/h1-4,7,9,11,13-14,18H,5-6,8,10,12H2,(H,20,21). The number of allylic oxidation sites excluding steroid dienone is 3. The molecule has 1 aromatic heterocycles. The number of ether oxygens (including phenoxy) is 1. The molecule has 1 heterocycles. The van der Waals surface area contributed by atoms with Crippen LogP contribution >= 0.6 is 0 Å². The number of anilines is 1. The Morgan fingerprint density at radius 3 is 3.12 bits per heavy atom. The van der Waals surface area contributed by atoms with Crippen molar-refractivity contribution >= 4 is 11.7 Å². The fourth-order valence-electron chi connectivity index (χ4n) is 4.90. The normalized spacial score (nSPS) is 36.5. The van der Waals surface area contributed by atoms with Gasteiger partial charge in [-0.15, -0.1) is 0 Å². The third kappa shape index (κ3) is 2.04. The van der Waals surface area contributed by atoms with Crippen LogP contribution in [0.1, 0.15) is 25.7 Å². The molecule has 4 unspecified atom stereocenters. The molecule has 1 spiro atoms. The minimum Gasteiger partial charge on any atom is -0.364 e. The van der Waals surface area contributed by atoms with Crippen molar-refractivity contribution in [2.75, 3.05) is 11.5 Å². The van der Waals surface area contributed by atoms with E-state index >= 15 is 0 Å². The summed E-state index contributed by atoms with van der Waals surface area (Å²) in [4.78, 5) is 14.5. The summed E-state index contributed by atoms with van der Waals surface area (Å²) in [7, 11) is 0. The Morgan fingerprint density at radius 2 is 2.46 bits per heavy atom. The summed E-state index contributed by atoms with van der Waals surface area (Å²) in [6.07, 6.45) is 16.5. The van der Waals surface area contributed by atoms with Gasteiger partial charge in [-0.05, 0) is 43.1 Å². The highest BCUT2D eigenvalue weighted by molar-refractivity contribution is 5.95. The van der Waals surface area contributed by atoms with Gasteiger partial charge in [0, 0.05) is 17.7 Å². The van der Waals surface area contributed by atoms with E-state index < -0.39 is 0 Å². The first-order chi connectivity index (χ1) is 11.8. The highest BCUT2D eigenvalue weighted by Crippen LogP contribution is 2.83. The lowest BCUT2D eigenvalue weighted by atomic mass is 9.85. The molecular formula is C19H21N3O2. The van der Waals surface area contributed by atoms with E-state index in [0.717, 1.165) is 18.3 Å². The molecule has 4 saturated carbocycles. The highest BCUT2D eigenvalue weighted by Gasteiger charge is 2.75. The Kier molecular flexibility index (Phi) is 3.07. The molecule has 5 heteroatoms. The second-order valence-electron chi connectivity index (χ2n) is 7.32. The number of fused-ring (bicyclic) bond motifs is 1. The van der Waals surface area contributed by atoms with Crippen LogP contribution in [0, 0.1) is 17.3 Å². The van der Waals surface area contributed by atoms with Gasteiger partial charge in [0.1, 0.15) is 12.4 Å². The lowest BCUT2D eigenvalue weighted by molar-refractivity contribution is -0.123. The van der Waals surface area contributed by atoms with Crippen LogP contribution in [-0.4, -0.2) is 28.8 Å².